The molecule has 1 aliphatic rings. The number of hydrogen-bond acceptors (Lipinski definition) is 4. The van der Waals surface area contributed by atoms with E-state index in [0.717, 1.165) is 37.3 Å². The fraction of sp³-hybridized carbons (Fsp3) is 1.00. The molecule has 120 valence electrons. The van der Waals surface area contributed by atoms with E-state index in [-0.39, 0.29) is 6.04 Å². The summed E-state index contributed by atoms with van der Waals surface area (Å²) in [5, 5.41) is 3.17. The molecule has 1 rings (SSSR count). The fourth-order valence-corrected chi connectivity index (χ4v) is 4.71. The Balaban J connectivity index is 2.37. The lowest BCUT2D eigenvalue weighted by atomic mass is 9.98. The van der Waals surface area contributed by atoms with Gasteiger partial charge in [0.25, 0.3) is 10.2 Å². The van der Waals surface area contributed by atoms with Gasteiger partial charge in [0, 0.05) is 19.1 Å². The second-order valence-corrected chi connectivity index (χ2v) is 8.51. The lowest BCUT2D eigenvalue weighted by molar-refractivity contribution is 0.267. The average Bonchev–Trinajstić information content (AvgIpc) is 2.39. The van der Waals surface area contributed by atoms with E-state index >= 15 is 0 Å². The quantitative estimate of drug-likeness (QED) is 0.628. The molecule has 0 spiro atoms. The van der Waals surface area contributed by atoms with Crippen LogP contribution in [0.3, 0.4) is 0 Å². The van der Waals surface area contributed by atoms with Gasteiger partial charge in [0.05, 0.1) is 0 Å². The van der Waals surface area contributed by atoms with Crippen LogP contribution in [0.2, 0.25) is 0 Å². The number of hydrogen-bond donors (Lipinski definition) is 2. The Hall–Kier alpha value is 0.180. The molecule has 0 aromatic carbocycles. The molecule has 0 radical (unpaired) electrons. The molecule has 1 unspecified atom stereocenters. The zero-order chi connectivity index (χ0) is 15.0. The predicted octanol–water partition coefficient (Wildman–Crippen LogP) is 1.28. The summed E-state index contributed by atoms with van der Waals surface area (Å²) in [7, 11) is -1.36. The average molecular weight is 324 g/mol. The minimum absolute atomic E-state index is 0.00841. The first kappa shape index (κ1) is 18.2. The molecule has 0 aliphatic carbocycles. The van der Waals surface area contributed by atoms with Gasteiger partial charge in [-0.25, -0.2) is 0 Å². The Morgan fingerprint density at radius 1 is 1.35 bits per heavy atom. The van der Waals surface area contributed by atoms with Crippen molar-refractivity contribution < 1.29 is 8.42 Å². The normalized spacial score (nSPS) is 20.1. The van der Waals surface area contributed by atoms with Gasteiger partial charge in [0.2, 0.25) is 0 Å². The monoisotopic (exact) mass is 323 g/mol. The maximum atomic E-state index is 12.3. The van der Waals surface area contributed by atoms with Crippen molar-refractivity contribution >= 4 is 22.0 Å². The van der Waals surface area contributed by atoms with Gasteiger partial charge in [-0.05, 0) is 57.2 Å². The SMILES string of the molecule is CCSCCC(C)NS(=O)(=O)N1CCC(CNC)CC1. The molecule has 1 aliphatic heterocycles. The zero-order valence-corrected chi connectivity index (χ0v) is 14.5. The van der Waals surface area contributed by atoms with Crippen molar-refractivity contribution in [2.24, 2.45) is 5.92 Å². The van der Waals surface area contributed by atoms with Gasteiger partial charge in [-0.3, -0.25) is 0 Å². The van der Waals surface area contributed by atoms with E-state index in [2.05, 4.69) is 17.0 Å². The predicted molar refractivity (Wildman–Crippen MR) is 87.4 cm³/mol. The van der Waals surface area contributed by atoms with Crippen molar-refractivity contribution in [1.29, 1.82) is 0 Å². The maximum Gasteiger partial charge on any atom is 0.279 e. The highest BCUT2D eigenvalue weighted by Crippen LogP contribution is 2.18. The van der Waals surface area contributed by atoms with Gasteiger partial charge in [-0.15, -0.1) is 0 Å². The van der Waals surface area contributed by atoms with Gasteiger partial charge in [-0.2, -0.15) is 29.2 Å². The number of nitrogens with zero attached hydrogens (tertiary/aromatic N) is 1. The lowest BCUT2D eigenvalue weighted by Gasteiger charge is -2.32. The van der Waals surface area contributed by atoms with Gasteiger partial charge in [0.1, 0.15) is 0 Å². The molecule has 2 N–H and O–H groups in total. The van der Waals surface area contributed by atoms with Crippen LogP contribution in [0.5, 0.6) is 0 Å². The third-order valence-electron chi connectivity index (χ3n) is 3.66. The van der Waals surface area contributed by atoms with Crippen molar-refractivity contribution in [2.75, 3.05) is 38.2 Å². The van der Waals surface area contributed by atoms with Crippen molar-refractivity contribution in [3.63, 3.8) is 0 Å². The molecule has 7 heteroatoms. The molecule has 1 saturated heterocycles. The summed E-state index contributed by atoms with van der Waals surface area (Å²) in [6.07, 6.45) is 2.78. The van der Waals surface area contributed by atoms with Crippen LogP contribution in [0.4, 0.5) is 0 Å². The van der Waals surface area contributed by atoms with Gasteiger partial charge in [-0.1, -0.05) is 6.92 Å². The molecule has 0 bridgehead atoms. The van der Waals surface area contributed by atoms with Crippen LogP contribution in [0, 0.1) is 5.92 Å². The van der Waals surface area contributed by atoms with Gasteiger partial charge < -0.3 is 5.32 Å². The fourth-order valence-electron chi connectivity index (χ4n) is 2.43. The molecule has 0 aromatic rings. The van der Waals surface area contributed by atoms with Crippen LogP contribution < -0.4 is 10.0 Å². The first-order chi connectivity index (χ1) is 9.49. The molecule has 1 heterocycles. The highest BCUT2D eigenvalue weighted by molar-refractivity contribution is 7.99. The third kappa shape index (κ3) is 6.30. The number of nitrogens with one attached hydrogen (secondary N) is 2. The van der Waals surface area contributed by atoms with E-state index in [1.54, 1.807) is 4.31 Å². The summed E-state index contributed by atoms with van der Waals surface area (Å²) < 4.78 is 29.0. The first-order valence-corrected chi connectivity index (χ1v) is 10.1. The molecular weight excluding hydrogens is 294 g/mol. The summed E-state index contributed by atoms with van der Waals surface area (Å²) in [6.45, 7) is 6.32. The van der Waals surface area contributed by atoms with Crippen molar-refractivity contribution in [1.82, 2.24) is 14.3 Å². The molecule has 1 atom stereocenters. The molecule has 0 saturated carbocycles. The van der Waals surface area contributed by atoms with Crippen LogP contribution in [0.1, 0.15) is 33.1 Å². The van der Waals surface area contributed by atoms with E-state index < -0.39 is 10.2 Å². The topological polar surface area (TPSA) is 61.4 Å². The second kappa shape index (κ2) is 9.25. The molecule has 5 nitrogen and oxygen atoms in total. The number of thioether (sulfide) groups is 1. The highest BCUT2D eigenvalue weighted by Gasteiger charge is 2.28. The van der Waals surface area contributed by atoms with Crippen LogP contribution in [-0.4, -0.2) is 57.0 Å². The molecule has 20 heavy (non-hydrogen) atoms. The van der Waals surface area contributed by atoms with E-state index in [1.165, 1.54) is 0 Å². The second-order valence-electron chi connectivity index (χ2n) is 5.41. The lowest BCUT2D eigenvalue weighted by Crippen LogP contribution is -2.48. The molecular formula is C13H29N3O2S2. The Morgan fingerprint density at radius 2 is 2.00 bits per heavy atom. The standard InChI is InChI=1S/C13H29N3O2S2/c1-4-19-10-7-12(2)15-20(17,18)16-8-5-13(6-9-16)11-14-3/h12-15H,4-11H2,1-3H3. The summed E-state index contributed by atoms with van der Waals surface area (Å²) in [5.41, 5.74) is 0. The van der Waals surface area contributed by atoms with E-state index in [1.807, 2.05) is 25.7 Å². The summed E-state index contributed by atoms with van der Waals surface area (Å²) in [5.74, 6) is 2.69. The number of piperidine rings is 1. The maximum absolute atomic E-state index is 12.3. The Morgan fingerprint density at radius 3 is 2.55 bits per heavy atom. The minimum Gasteiger partial charge on any atom is -0.319 e. The van der Waals surface area contributed by atoms with Crippen LogP contribution >= 0.6 is 11.8 Å². The Labute approximate surface area is 128 Å². The summed E-state index contributed by atoms with van der Waals surface area (Å²) in [4.78, 5) is 0. The Bertz CT molecular complexity index is 355. The number of rotatable bonds is 9. The van der Waals surface area contributed by atoms with E-state index in [9.17, 15) is 8.42 Å². The van der Waals surface area contributed by atoms with Crippen LogP contribution in [0.25, 0.3) is 0 Å². The van der Waals surface area contributed by atoms with Crippen molar-refractivity contribution in [2.45, 2.75) is 39.2 Å². The smallest absolute Gasteiger partial charge is 0.279 e. The van der Waals surface area contributed by atoms with Gasteiger partial charge >= 0.3 is 0 Å². The molecule has 0 aromatic heterocycles. The van der Waals surface area contributed by atoms with Crippen molar-refractivity contribution in [3.05, 3.63) is 0 Å². The van der Waals surface area contributed by atoms with E-state index in [0.29, 0.717) is 19.0 Å². The van der Waals surface area contributed by atoms with Crippen LogP contribution in [0.15, 0.2) is 0 Å². The summed E-state index contributed by atoms with van der Waals surface area (Å²) >= 11 is 1.85. The minimum atomic E-state index is -3.30. The third-order valence-corrected chi connectivity index (χ3v) is 6.33. The molecule has 1 fully saturated rings. The Kier molecular flexibility index (Phi) is 8.43. The summed E-state index contributed by atoms with van der Waals surface area (Å²) in [6, 6.07) is 0.00841. The van der Waals surface area contributed by atoms with Gasteiger partial charge in [0.15, 0.2) is 0 Å². The molecule has 0 amide bonds. The largest absolute Gasteiger partial charge is 0.319 e. The van der Waals surface area contributed by atoms with Crippen LogP contribution in [-0.2, 0) is 10.2 Å². The first-order valence-electron chi connectivity index (χ1n) is 7.49. The zero-order valence-electron chi connectivity index (χ0n) is 12.9. The van der Waals surface area contributed by atoms with E-state index in [4.69, 9.17) is 0 Å². The van der Waals surface area contributed by atoms with Crippen molar-refractivity contribution in [3.8, 4) is 0 Å². The highest BCUT2D eigenvalue weighted by atomic mass is 32.2.